The smallest absolute Gasteiger partial charge is 0.306 e. The Morgan fingerprint density at radius 2 is 1.27 bits per heavy atom. The summed E-state index contributed by atoms with van der Waals surface area (Å²) in [5.74, 6) is 1.25. The van der Waals surface area contributed by atoms with Gasteiger partial charge in [0, 0.05) is 0 Å². The van der Waals surface area contributed by atoms with Crippen LogP contribution in [0.15, 0.2) is 0 Å². The number of hydrogen-bond donors (Lipinski definition) is 0. The molecule has 4 nitrogen and oxygen atoms in total. The third kappa shape index (κ3) is 3.02. The Hall–Kier alpha value is -1.06. The monoisotopic (exact) mass is 308 g/mol. The van der Waals surface area contributed by atoms with Gasteiger partial charge in [-0.15, -0.1) is 0 Å². The summed E-state index contributed by atoms with van der Waals surface area (Å²) >= 11 is 0. The van der Waals surface area contributed by atoms with Crippen LogP contribution >= 0.6 is 0 Å². The fraction of sp³-hybridized carbons (Fsp3) is 0.889. The normalized spacial score (nSPS) is 38.8. The highest BCUT2D eigenvalue weighted by Gasteiger charge is 2.58. The molecule has 0 heterocycles. The summed E-state index contributed by atoms with van der Waals surface area (Å²) in [6.07, 6.45) is 7.95. The van der Waals surface area contributed by atoms with Gasteiger partial charge in [-0.3, -0.25) is 9.59 Å². The number of hydrogen-bond acceptors (Lipinski definition) is 4. The van der Waals surface area contributed by atoms with Crippen molar-refractivity contribution < 1.29 is 19.1 Å². The number of rotatable bonds is 6. The van der Waals surface area contributed by atoms with Gasteiger partial charge in [0.15, 0.2) is 0 Å². The molecule has 4 aliphatic carbocycles. The number of carbonyl (C=O) groups excluding carboxylic acids is 2. The largest absolute Gasteiger partial charge is 0.466 e. The highest BCUT2D eigenvalue weighted by molar-refractivity contribution is 5.71. The van der Waals surface area contributed by atoms with E-state index in [9.17, 15) is 9.59 Å². The Morgan fingerprint density at radius 3 is 1.64 bits per heavy atom. The maximum absolute atomic E-state index is 12.0. The maximum Gasteiger partial charge on any atom is 0.306 e. The molecule has 0 saturated heterocycles. The van der Waals surface area contributed by atoms with Gasteiger partial charge < -0.3 is 9.47 Å². The second-order valence-electron chi connectivity index (χ2n) is 7.92. The van der Waals surface area contributed by atoms with Crippen LogP contribution in [0, 0.1) is 22.7 Å². The first kappa shape index (κ1) is 15.8. The molecule has 0 radical (unpaired) electrons. The molecule has 0 N–H and O–H groups in total. The summed E-state index contributed by atoms with van der Waals surface area (Å²) in [6.45, 7) is 4.63. The van der Waals surface area contributed by atoms with Crippen molar-refractivity contribution in [2.75, 3.05) is 13.2 Å². The summed E-state index contributed by atoms with van der Waals surface area (Å²) in [4.78, 5) is 24.1. The van der Waals surface area contributed by atoms with E-state index in [0.717, 1.165) is 32.1 Å². The molecular formula is C18H28O4. The molecule has 0 spiro atoms. The molecule has 4 heteroatoms. The molecule has 4 saturated carbocycles. The lowest BCUT2D eigenvalue weighted by Gasteiger charge is -2.62. The van der Waals surface area contributed by atoms with Crippen molar-refractivity contribution >= 4 is 11.9 Å². The van der Waals surface area contributed by atoms with Gasteiger partial charge in [0.05, 0.1) is 26.1 Å². The van der Waals surface area contributed by atoms with Gasteiger partial charge in [-0.1, -0.05) is 0 Å². The molecule has 4 bridgehead atoms. The van der Waals surface area contributed by atoms with E-state index in [1.807, 2.05) is 13.8 Å². The van der Waals surface area contributed by atoms with E-state index >= 15 is 0 Å². The van der Waals surface area contributed by atoms with Crippen molar-refractivity contribution in [1.82, 2.24) is 0 Å². The lowest BCUT2D eigenvalue weighted by atomic mass is 9.43. The second-order valence-corrected chi connectivity index (χ2v) is 7.92. The molecule has 4 fully saturated rings. The van der Waals surface area contributed by atoms with Crippen molar-refractivity contribution in [2.45, 2.75) is 65.2 Å². The molecule has 0 unspecified atom stereocenters. The van der Waals surface area contributed by atoms with E-state index in [4.69, 9.17) is 9.47 Å². The van der Waals surface area contributed by atoms with Crippen LogP contribution in [0.4, 0.5) is 0 Å². The second kappa shape index (κ2) is 5.86. The van der Waals surface area contributed by atoms with Crippen molar-refractivity contribution in [2.24, 2.45) is 22.7 Å². The van der Waals surface area contributed by atoms with Crippen LogP contribution < -0.4 is 0 Å². The minimum atomic E-state index is -0.0595. The van der Waals surface area contributed by atoms with Gasteiger partial charge in [0.2, 0.25) is 0 Å². The van der Waals surface area contributed by atoms with Crippen molar-refractivity contribution in [1.29, 1.82) is 0 Å². The molecule has 0 aromatic carbocycles. The molecule has 0 atom stereocenters. The number of esters is 2. The van der Waals surface area contributed by atoms with Gasteiger partial charge in [-0.05, 0) is 75.0 Å². The number of carbonyl (C=O) groups is 2. The quantitative estimate of drug-likeness (QED) is 0.705. The number of ether oxygens (including phenoxy) is 2. The van der Waals surface area contributed by atoms with Crippen LogP contribution in [0.2, 0.25) is 0 Å². The predicted molar refractivity (Wildman–Crippen MR) is 82.0 cm³/mol. The van der Waals surface area contributed by atoms with Crippen LogP contribution in [0.5, 0.6) is 0 Å². The molecule has 4 aliphatic rings. The van der Waals surface area contributed by atoms with Gasteiger partial charge >= 0.3 is 11.9 Å². The summed E-state index contributed by atoms with van der Waals surface area (Å²) in [6, 6.07) is 0. The van der Waals surface area contributed by atoms with Crippen molar-refractivity contribution in [3.05, 3.63) is 0 Å². The van der Waals surface area contributed by atoms with Crippen LogP contribution in [0.1, 0.15) is 65.2 Å². The van der Waals surface area contributed by atoms with Gasteiger partial charge in [0.25, 0.3) is 0 Å². The maximum atomic E-state index is 12.0. The van der Waals surface area contributed by atoms with E-state index < -0.39 is 0 Å². The zero-order valence-electron chi connectivity index (χ0n) is 13.9. The lowest BCUT2D eigenvalue weighted by Crippen LogP contribution is -2.53. The van der Waals surface area contributed by atoms with Crippen LogP contribution in [-0.4, -0.2) is 25.2 Å². The summed E-state index contributed by atoms with van der Waals surface area (Å²) in [7, 11) is 0. The fourth-order valence-corrected chi connectivity index (χ4v) is 6.10. The Morgan fingerprint density at radius 1 is 0.864 bits per heavy atom. The van der Waals surface area contributed by atoms with E-state index in [1.54, 1.807) is 0 Å². The van der Waals surface area contributed by atoms with Crippen molar-refractivity contribution in [3.8, 4) is 0 Å². The first-order valence-corrected chi connectivity index (χ1v) is 8.79. The minimum absolute atomic E-state index is 0.0595. The molecule has 0 aromatic heterocycles. The third-order valence-electron chi connectivity index (χ3n) is 5.95. The Bertz CT molecular complexity index is 404. The van der Waals surface area contributed by atoms with Crippen LogP contribution in [-0.2, 0) is 19.1 Å². The molecule has 0 aliphatic heterocycles. The Kier molecular flexibility index (Phi) is 4.21. The highest BCUT2D eigenvalue weighted by atomic mass is 16.5. The third-order valence-corrected chi connectivity index (χ3v) is 5.95. The fourth-order valence-electron chi connectivity index (χ4n) is 6.10. The molecule has 0 amide bonds. The zero-order valence-corrected chi connectivity index (χ0v) is 13.9. The minimum Gasteiger partial charge on any atom is -0.466 e. The predicted octanol–water partition coefficient (Wildman–Crippen LogP) is 3.48. The SMILES string of the molecule is CCOC(=O)CC12CC3CC(C1)CC(CC(=O)OCC)(C3)C2. The average Bonchev–Trinajstić information content (AvgIpc) is 2.35. The molecule has 0 aromatic rings. The van der Waals surface area contributed by atoms with Crippen LogP contribution in [0.25, 0.3) is 0 Å². The highest BCUT2D eigenvalue weighted by Crippen LogP contribution is 2.67. The van der Waals surface area contributed by atoms with Gasteiger partial charge in [-0.25, -0.2) is 0 Å². The molecular weight excluding hydrogens is 280 g/mol. The standard InChI is InChI=1S/C18H28O4/c1-3-21-15(19)10-17-6-13-5-14(7-17)9-18(8-13,12-17)11-16(20)22-4-2/h13-14H,3-12H2,1-2H3. The zero-order chi connectivity index (χ0) is 15.8. The topological polar surface area (TPSA) is 52.6 Å². The Balaban J connectivity index is 1.75. The molecule has 22 heavy (non-hydrogen) atoms. The van der Waals surface area contributed by atoms with E-state index in [2.05, 4.69) is 0 Å². The molecule has 4 rings (SSSR count). The van der Waals surface area contributed by atoms with Gasteiger partial charge in [0.1, 0.15) is 0 Å². The summed E-state index contributed by atoms with van der Waals surface area (Å²) in [5.41, 5.74) is 0.172. The first-order chi connectivity index (χ1) is 10.5. The summed E-state index contributed by atoms with van der Waals surface area (Å²) in [5, 5.41) is 0. The average molecular weight is 308 g/mol. The summed E-state index contributed by atoms with van der Waals surface area (Å²) < 4.78 is 10.4. The van der Waals surface area contributed by atoms with E-state index in [1.165, 1.54) is 6.42 Å². The van der Waals surface area contributed by atoms with Gasteiger partial charge in [-0.2, -0.15) is 0 Å². The van der Waals surface area contributed by atoms with E-state index in [-0.39, 0.29) is 22.8 Å². The lowest BCUT2D eigenvalue weighted by molar-refractivity contribution is -0.165. The first-order valence-electron chi connectivity index (χ1n) is 8.79. The molecule has 124 valence electrons. The Labute approximate surface area is 132 Å². The van der Waals surface area contributed by atoms with E-state index in [0.29, 0.717) is 37.9 Å². The van der Waals surface area contributed by atoms with Crippen molar-refractivity contribution in [3.63, 3.8) is 0 Å². The van der Waals surface area contributed by atoms with Crippen LogP contribution in [0.3, 0.4) is 0 Å².